The first-order chi connectivity index (χ1) is 13.4. The van der Waals surface area contributed by atoms with E-state index < -0.39 is 0 Å². The first-order valence-corrected chi connectivity index (χ1v) is 10.6. The van der Waals surface area contributed by atoms with Gasteiger partial charge in [-0.15, -0.1) is 11.3 Å². The van der Waals surface area contributed by atoms with Crippen LogP contribution in [0.1, 0.15) is 36.2 Å². The molecule has 0 atom stereocenters. The number of aromatic nitrogens is 1. The molecule has 1 amide bonds. The summed E-state index contributed by atoms with van der Waals surface area (Å²) in [6, 6.07) is 14.4. The van der Waals surface area contributed by atoms with E-state index in [1.165, 1.54) is 0 Å². The van der Waals surface area contributed by atoms with Gasteiger partial charge in [-0.05, 0) is 56.7 Å². The van der Waals surface area contributed by atoms with Gasteiger partial charge in [-0.25, -0.2) is 4.98 Å². The van der Waals surface area contributed by atoms with Gasteiger partial charge in [0.05, 0.1) is 27.5 Å². The fourth-order valence-corrected chi connectivity index (χ4v) is 4.88. The topological polar surface area (TPSA) is 75.0 Å². The predicted octanol–water partition coefficient (Wildman–Crippen LogP) is 5.33. The molecule has 0 saturated carbocycles. The molecular weight excluding hydrogens is 390 g/mol. The number of nitriles is 1. The second kappa shape index (κ2) is 8.74. The molecule has 0 radical (unpaired) electrons. The second-order valence-corrected chi connectivity index (χ2v) is 9.24. The van der Waals surface area contributed by atoms with Crippen LogP contribution in [0.4, 0.5) is 5.69 Å². The third-order valence-electron chi connectivity index (χ3n) is 4.36. The maximum atomic E-state index is 12.4. The number of rotatable bonds is 7. The minimum absolute atomic E-state index is 0.135. The van der Waals surface area contributed by atoms with Crippen molar-refractivity contribution in [3.63, 3.8) is 0 Å². The number of thiazole rings is 1. The fourth-order valence-electron chi connectivity index (χ4n) is 2.46. The van der Waals surface area contributed by atoms with E-state index in [1.54, 1.807) is 54.5 Å². The first-order valence-electron chi connectivity index (χ1n) is 8.80. The minimum atomic E-state index is -0.239. The van der Waals surface area contributed by atoms with Crippen LogP contribution < -0.4 is 5.32 Å². The van der Waals surface area contributed by atoms with Crippen molar-refractivity contribution in [3.05, 3.63) is 53.6 Å². The Bertz CT molecular complexity index is 1040. The first kappa shape index (κ1) is 20.3. The molecule has 5 nitrogen and oxygen atoms in total. The number of anilines is 1. The highest BCUT2D eigenvalue weighted by atomic mass is 32.2. The number of ether oxygens (including phenoxy) is 1. The van der Waals surface area contributed by atoms with Crippen molar-refractivity contribution in [3.8, 4) is 6.07 Å². The van der Waals surface area contributed by atoms with E-state index in [4.69, 9.17) is 10.00 Å². The zero-order chi connectivity index (χ0) is 20.1. The van der Waals surface area contributed by atoms with E-state index in [1.807, 2.05) is 24.3 Å². The van der Waals surface area contributed by atoms with Crippen LogP contribution in [0.3, 0.4) is 0 Å². The van der Waals surface area contributed by atoms with Crippen LogP contribution in [-0.4, -0.2) is 29.4 Å². The number of thioether (sulfide) groups is 1. The van der Waals surface area contributed by atoms with E-state index in [-0.39, 0.29) is 11.5 Å². The Morgan fingerprint density at radius 1 is 1.32 bits per heavy atom. The van der Waals surface area contributed by atoms with E-state index in [9.17, 15) is 4.79 Å². The Hall–Kier alpha value is -2.40. The lowest BCUT2D eigenvalue weighted by Gasteiger charge is -2.21. The minimum Gasteiger partial charge on any atom is -0.379 e. The highest BCUT2D eigenvalue weighted by Gasteiger charge is 2.16. The van der Waals surface area contributed by atoms with Crippen LogP contribution in [0.2, 0.25) is 0 Å². The highest BCUT2D eigenvalue weighted by molar-refractivity contribution is 8.01. The standard InChI is InChI=1S/C21H21N3O2S2/c1-21(2,26-3)9-10-27-20-24-17-8-7-16(12-18(17)28-20)23-19(25)15-6-4-5-14(11-15)13-22/h4-8,11-12H,9-10H2,1-3H3,(H,23,25). The zero-order valence-electron chi connectivity index (χ0n) is 16.0. The van der Waals surface area contributed by atoms with Crippen LogP contribution in [0, 0.1) is 11.3 Å². The number of nitrogens with zero attached hydrogens (tertiary/aromatic N) is 2. The average Bonchev–Trinajstić information content (AvgIpc) is 3.09. The SMILES string of the molecule is COC(C)(C)CCSc1nc2ccc(NC(=O)c3cccc(C#N)c3)cc2s1. The molecule has 0 bridgehead atoms. The quantitative estimate of drug-likeness (QED) is 0.532. The Kier molecular flexibility index (Phi) is 6.35. The number of carbonyl (C=O) groups excluding carboxylic acids is 1. The van der Waals surface area contributed by atoms with Crippen molar-refractivity contribution < 1.29 is 9.53 Å². The van der Waals surface area contributed by atoms with Gasteiger partial charge in [0.25, 0.3) is 5.91 Å². The molecule has 0 aliphatic rings. The van der Waals surface area contributed by atoms with Crippen molar-refractivity contribution in [2.75, 3.05) is 18.2 Å². The Morgan fingerprint density at radius 2 is 2.14 bits per heavy atom. The van der Waals surface area contributed by atoms with Crippen molar-refractivity contribution in [1.29, 1.82) is 5.26 Å². The number of benzene rings is 2. The van der Waals surface area contributed by atoms with E-state index in [0.29, 0.717) is 16.8 Å². The van der Waals surface area contributed by atoms with Crippen molar-refractivity contribution in [2.45, 2.75) is 30.2 Å². The lowest BCUT2D eigenvalue weighted by molar-refractivity contribution is 0.0207. The summed E-state index contributed by atoms with van der Waals surface area (Å²) in [7, 11) is 1.73. The highest BCUT2D eigenvalue weighted by Crippen LogP contribution is 2.32. The van der Waals surface area contributed by atoms with Gasteiger partial charge in [0.15, 0.2) is 4.34 Å². The van der Waals surface area contributed by atoms with Crippen LogP contribution in [-0.2, 0) is 4.74 Å². The number of amides is 1. The van der Waals surface area contributed by atoms with E-state index in [2.05, 4.69) is 24.1 Å². The molecule has 0 unspecified atom stereocenters. The average molecular weight is 412 g/mol. The van der Waals surface area contributed by atoms with E-state index >= 15 is 0 Å². The predicted molar refractivity (Wildman–Crippen MR) is 115 cm³/mol. The number of hydrogen-bond acceptors (Lipinski definition) is 6. The van der Waals surface area contributed by atoms with Gasteiger partial charge in [0.1, 0.15) is 0 Å². The molecule has 1 N–H and O–H groups in total. The molecule has 1 aromatic heterocycles. The summed E-state index contributed by atoms with van der Waals surface area (Å²) in [6.45, 7) is 4.15. The van der Waals surface area contributed by atoms with Gasteiger partial charge < -0.3 is 10.1 Å². The summed E-state index contributed by atoms with van der Waals surface area (Å²) < 4.78 is 7.48. The van der Waals surface area contributed by atoms with Crippen LogP contribution in [0.15, 0.2) is 46.8 Å². The summed E-state index contributed by atoms with van der Waals surface area (Å²) in [4.78, 5) is 17.1. The Labute approximate surface area is 172 Å². The fraction of sp³-hybridized carbons (Fsp3) is 0.286. The van der Waals surface area contributed by atoms with Gasteiger partial charge in [-0.1, -0.05) is 17.8 Å². The lowest BCUT2D eigenvalue weighted by Crippen LogP contribution is -2.22. The van der Waals surface area contributed by atoms with Crippen molar-refractivity contribution >= 4 is 44.9 Å². The van der Waals surface area contributed by atoms with Gasteiger partial charge in [0.2, 0.25) is 0 Å². The molecule has 28 heavy (non-hydrogen) atoms. The number of nitrogens with one attached hydrogen (secondary N) is 1. The molecule has 3 rings (SSSR count). The summed E-state index contributed by atoms with van der Waals surface area (Å²) >= 11 is 3.33. The summed E-state index contributed by atoms with van der Waals surface area (Å²) in [5, 5.41) is 11.9. The maximum Gasteiger partial charge on any atom is 0.255 e. The number of fused-ring (bicyclic) bond motifs is 1. The molecule has 3 aromatic rings. The normalized spacial score (nSPS) is 11.4. The van der Waals surface area contributed by atoms with E-state index in [0.717, 1.165) is 26.7 Å². The third kappa shape index (κ3) is 5.10. The van der Waals surface area contributed by atoms with Crippen LogP contribution in [0.25, 0.3) is 10.2 Å². The summed E-state index contributed by atoms with van der Waals surface area (Å²) in [6.07, 6.45) is 0.938. The summed E-state index contributed by atoms with van der Waals surface area (Å²) in [5.74, 6) is 0.691. The zero-order valence-corrected chi connectivity index (χ0v) is 17.6. The molecule has 0 spiro atoms. The molecule has 7 heteroatoms. The number of hydrogen-bond donors (Lipinski definition) is 1. The molecule has 1 heterocycles. The van der Waals surface area contributed by atoms with Crippen molar-refractivity contribution in [2.24, 2.45) is 0 Å². The summed E-state index contributed by atoms with van der Waals surface area (Å²) in [5.41, 5.74) is 2.41. The van der Waals surface area contributed by atoms with Gasteiger partial charge >= 0.3 is 0 Å². The van der Waals surface area contributed by atoms with Gasteiger partial charge in [-0.3, -0.25) is 4.79 Å². The molecular formula is C21H21N3O2S2. The number of carbonyl (C=O) groups is 1. The number of methoxy groups -OCH3 is 1. The largest absolute Gasteiger partial charge is 0.379 e. The maximum absolute atomic E-state index is 12.4. The van der Waals surface area contributed by atoms with Crippen molar-refractivity contribution in [1.82, 2.24) is 4.98 Å². The molecule has 144 valence electrons. The van der Waals surface area contributed by atoms with Gasteiger partial charge in [-0.2, -0.15) is 5.26 Å². The molecule has 2 aromatic carbocycles. The van der Waals surface area contributed by atoms with Crippen LogP contribution >= 0.6 is 23.1 Å². The Balaban J connectivity index is 1.68. The Morgan fingerprint density at radius 3 is 2.89 bits per heavy atom. The third-order valence-corrected chi connectivity index (χ3v) is 6.53. The van der Waals surface area contributed by atoms with Gasteiger partial charge in [0, 0.05) is 24.1 Å². The second-order valence-electron chi connectivity index (χ2n) is 6.87. The molecule has 0 aliphatic heterocycles. The smallest absolute Gasteiger partial charge is 0.255 e. The lowest BCUT2D eigenvalue weighted by atomic mass is 10.1. The molecule has 0 saturated heterocycles. The monoisotopic (exact) mass is 411 g/mol. The molecule has 0 fully saturated rings. The molecule has 0 aliphatic carbocycles. The van der Waals surface area contributed by atoms with Crippen LogP contribution in [0.5, 0.6) is 0 Å².